The molecule has 1 aromatic rings. The highest BCUT2D eigenvalue weighted by molar-refractivity contribution is 4.90. The maximum Gasteiger partial charge on any atom is 0.0222 e. The zero-order valence-corrected chi connectivity index (χ0v) is 6.16. The molecule has 1 fully saturated rings. The first-order chi connectivity index (χ1) is 4.95. The Kier molecular flexibility index (Phi) is 1.50. The van der Waals surface area contributed by atoms with Crippen molar-refractivity contribution in [2.75, 3.05) is 0 Å². The number of rotatable bonds is 3. The van der Waals surface area contributed by atoms with Crippen LogP contribution in [0.2, 0.25) is 0 Å². The zero-order chi connectivity index (χ0) is 6.81. The Morgan fingerprint density at radius 2 is 1.90 bits per heavy atom. The highest BCUT2D eigenvalue weighted by atomic mass is 14.9. The predicted octanol–water partition coefficient (Wildman–Crippen LogP) is 2.29. The van der Waals surface area contributed by atoms with E-state index >= 15 is 0 Å². The summed E-state index contributed by atoms with van der Waals surface area (Å²) in [5.41, 5.74) is 0. The van der Waals surface area contributed by atoms with Crippen molar-refractivity contribution >= 4 is 0 Å². The topological polar surface area (TPSA) is 4.93 Å². The third-order valence-electron chi connectivity index (χ3n) is 2.16. The highest BCUT2D eigenvalue weighted by Crippen LogP contribution is 2.32. The van der Waals surface area contributed by atoms with Crippen LogP contribution in [0.5, 0.6) is 0 Å². The molecule has 0 bridgehead atoms. The summed E-state index contributed by atoms with van der Waals surface area (Å²) in [6, 6.07) is 4.18. The van der Waals surface area contributed by atoms with E-state index in [0.717, 1.165) is 5.92 Å². The number of aromatic nitrogens is 1. The van der Waals surface area contributed by atoms with Gasteiger partial charge in [-0.25, -0.2) is 0 Å². The van der Waals surface area contributed by atoms with Gasteiger partial charge in [0.15, 0.2) is 0 Å². The van der Waals surface area contributed by atoms with Crippen LogP contribution in [0.25, 0.3) is 0 Å². The Morgan fingerprint density at radius 3 is 2.50 bits per heavy atom. The van der Waals surface area contributed by atoms with Crippen LogP contribution in [0.3, 0.4) is 0 Å². The third kappa shape index (κ3) is 1.41. The van der Waals surface area contributed by atoms with Crippen LogP contribution in [0, 0.1) is 5.92 Å². The first kappa shape index (κ1) is 6.02. The quantitative estimate of drug-likeness (QED) is 0.599. The molecule has 1 heteroatoms. The summed E-state index contributed by atoms with van der Waals surface area (Å²) in [5.74, 6) is 1.06. The van der Waals surface area contributed by atoms with Crippen LogP contribution in [-0.2, 0) is 6.54 Å². The van der Waals surface area contributed by atoms with E-state index in [0.29, 0.717) is 0 Å². The van der Waals surface area contributed by atoms with Gasteiger partial charge in [-0.3, -0.25) is 0 Å². The number of hydrogen-bond acceptors (Lipinski definition) is 0. The molecular weight excluding hydrogens is 122 g/mol. The van der Waals surface area contributed by atoms with Gasteiger partial charge in [-0.1, -0.05) is 12.8 Å². The van der Waals surface area contributed by atoms with Crippen molar-refractivity contribution in [2.45, 2.75) is 25.8 Å². The molecule has 1 heterocycles. The Hall–Kier alpha value is -0.720. The van der Waals surface area contributed by atoms with Gasteiger partial charge in [-0.2, -0.15) is 0 Å². The maximum atomic E-state index is 2.26. The van der Waals surface area contributed by atoms with Crippen LogP contribution >= 0.6 is 0 Å². The summed E-state index contributed by atoms with van der Waals surface area (Å²) in [4.78, 5) is 0. The van der Waals surface area contributed by atoms with Crippen molar-refractivity contribution < 1.29 is 0 Å². The van der Waals surface area contributed by atoms with Gasteiger partial charge in [0.1, 0.15) is 0 Å². The molecule has 0 saturated heterocycles. The van der Waals surface area contributed by atoms with Gasteiger partial charge in [0.05, 0.1) is 0 Å². The standard InChI is InChI=1S/C9H13N/c1-2-7-10(6-1)8-5-9-3-4-9/h1-2,6-7,9H,3-5,8H2. The first-order valence-corrected chi connectivity index (χ1v) is 4.06. The average molecular weight is 135 g/mol. The highest BCUT2D eigenvalue weighted by Gasteiger charge is 2.20. The van der Waals surface area contributed by atoms with Gasteiger partial charge in [-0.05, 0) is 24.5 Å². The van der Waals surface area contributed by atoms with Crippen molar-refractivity contribution in [3.05, 3.63) is 24.5 Å². The van der Waals surface area contributed by atoms with Crippen LogP contribution in [0.1, 0.15) is 19.3 Å². The molecule has 1 aromatic heterocycles. The van der Waals surface area contributed by atoms with Gasteiger partial charge in [-0.15, -0.1) is 0 Å². The molecule has 1 aliphatic carbocycles. The molecule has 1 saturated carbocycles. The summed E-state index contributed by atoms with van der Waals surface area (Å²) >= 11 is 0. The molecule has 54 valence electrons. The third-order valence-corrected chi connectivity index (χ3v) is 2.16. The van der Waals surface area contributed by atoms with E-state index in [-0.39, 0.29) is 0 Å². The number of aryl methyl sites for hydroxylation is 1. The number of hydrogen-bond donors (Lipinski definition) is 0. The van der Waals surface area contributed by atoms with Gasteiger partial charge in [0.25, 0.3) is 0 Å². The molecule has 2 rings (SSSR count). The van der Waals surface area contributed by atoms with E-state index in [2.05, 4.69) is 29.1 Å². The van der Waals surface area contributed by atoms with E-state index in [9.17, 15) is 0 Å². The monoisotopic (exact) mass is 135 g/mol. The normalized spacial score (nSPS) is 17.6. The Labute approximate surface area is 61.7 Å². The SMILES string of the molecule is c1ccn(CCC2CC2)c1. The van der Waals surface area contributed by atoms with Crippen molar-refractivity contribution in [2.24, 2.45) is 5.92 Å². The number of nitrogens with zero attached hydrogens (tertiary/aromatic N) is 1. The van der Waals surface area contributed by atoms with E-state index in [4.69, 9.17) is 0 Å². The van der Waals surface area contributed by atoms with Gasteiger partial charge in [0.2, 0.25) is 0 Å². The molecule has 0 amide bonds. The molecule has 0 radical (unpaired) electrons. The van der Waals surface area contributed by atoms with E-state index in [1.165, 1.54) is 25.8 Å². The summed E-state index contributed by atoms with van der Waals surface area (Å²) in [7, 11) is 0. The predicted molar refractivity (Wildman–Crippen MR) is 41.8 cm³/mol. The Bertz CT molecular complexity index is 185. The Balaban J connectivity index is 1.79. The summed E-state index contributed by atoms with van der Waals surface area (Å²) in [6.45, 7) is 1.22. The van der Waals surface area contributed by atoms with Crippen molar-refractivity contribution in [3.63, 3.8) is 0 Å². The minimum atomic E-state index is 1.06. The summed E-state index contributed by atoms with van der Waals surface area (Å²) in [6.07, 6.45) is 8.61. The summed E-state index contributed by atoms with van der Waals surface area (Å²) in [5, 5.41) is 0. The second kappa shape index (κ2) is 2.49. The molecule has 10 heavy (non-hydrogen) atoms. The molecular formula is C9H13N. The fraction of sp³-hybridized carbons (Fsp3) is 0.556. The molecule has 0 unspecified atom stereocenters. The van der Waals surface area contributed by atoms with Crippen molar-refractivity contribution in [1.29, 1.82) is 0 Å². The van der Waals surface area contributed by atoms with Crippen LogP contribution in [-0.4, -0.2) is 4.57 Å². The molecule has 1 aliphatic rings. The molecule has 0 atom stereocenters. The molecule has 0 N–H and O–H groups in total. The second-order valence-corrected chi connectivity index (χ2v) is 3.15. The molecule has 0 aromatic carbocycles. The lowest BCUT2D eigenvalue weighted by Gasteiger charge is -1.99. The summed E-state index contributed by atoms with van der Waals surface area (Å²) < 4.78 is 2.26. The molecule has 0 aliphatic heterocycles. The second-order valence-electron chi connectivity index (χ2n) is 3.15. The van der Waals surface area contributed by atoms with E-state index in [1.54, 1.807) is 0 Å². The van der Waals surface area contributed by atoms with Gasteiger partial charge < -0.3 is 4.57 Å². The van der Waals surface area contributed by atoms with Crippen molar-refractivity contribution in [3.8, 4) is 0 Å². The Morgan fingerprint density at radius 1 is 1.20 bits per heavy atom. The molecule has 0 spiro atoms. The van der Waals surface area contributed by atoms with Crippen LogP contribution in [0.15, 0.2) is 24.5 Å². The van der Waals surface area contributed by atoms with Crippen molar-refractivity contribution in [1.82, 2.24) is 4.57 Å². The first-order valence-electron chi connectivity index (χ1n) is 4.06. The minimum Gasteiger partial charge on any atom is -0.354 e. The van der Waals surface area contributed by atoms with Crippen LogP contribution < -0.4 is 0 Å². The lowest BCUT2D eigenvalue weighted by atomic mass is 10.3. The fourth-order valence-electron chi connectivity index (χ4n) is 1.26. The maximum absolute atomic E-state index is 2.26. The minimum absolute atomic E-state index is 1.06. The molecule has 1 nitrogen and oxygen atoms in total. The largest absolute Gasteiger partial charge is 0.354 e. The van der Waals surface area contributed by atoms with E-state index in [1.807, 2.05) is 0 Å². The average Bonchev–Trinajstić information content (AvgIpc) is 2.63. The lowest BCUT2D eigenvalue weighted by molar-refractivity contribution is 0.599. The van der Waals surface area contributed by atoms with Crippen LogP contribution in [0.4, 0.5) is 0 Å². The van der Waals surface area contributed by atoms with Gasteiger partial charge in [0, 0.05) is 18.9 Å². The fourth-order valence-corrected chi connectivity index (χ4v) is 1.26. The lowest BCUT2D eigenvalue weighted by Crippen LogP contribution is -1.93. The smallest absolute Gasteiger partial charge is 0.0222 e. The van der Waals surface area contributed by atoms with Gasteiger partial charge >= 0.3 is 0 Å². The van der Waals surface area contributed by atoms with E-state index < -0.39 is 0 Å². The zero-order valence-electron chi connectivity index (χ0n) is 6.16.